The molecule has 1 aliphatic carbocycles. The Kier molecular flexibility index (Phi) is 6.20. The molecule has 1 saturated carbocycles. The number of anilines is 2. The summed E-state index contributed by atoms with van der Waals surface area (Å²) in [5, 5.41) is 2.63. The number of rotatable bonds is 6. The zero-order chi connectivity index (χ0) is 22.7. The second-order valence-corrected chi connectivity index (χ2v) is 7.88. The van der Waals surface area contributed by atoms with Crippen LogP contribution in [0.15, 0.2) is 48.5 Å². The van der Waals surface area contributed by atoms with E-state index in [-0.39, 0.29) is 29.2 Å². The first kappa shape index (κ1) is 21.5. The van der Waals surface area contributed by atoms with Crippen LogP contribution in [0, 0.1) is 11.8 Å². The number of nitrogens with one attached hydrogen (secondary N) is 1. The van der Waals surface area contributed by atoms with Crippen molar-refractivity contribution in [3.63, 3.8) is 0 Å². The molecule has 2 aliphatic rings. The van der Waals surface area contributed by atoms with E-state index in [9.17, 15) is 19.2 Å². The number of nitrogens with zero attached hydrogens (tertiary/aromatic N) is 1. The van der Waals surface area contributed by atoms with Gasteiger partial charge in [-0.3, -0.25) is 19.3 Å². The Labute approximate surface area is 185 Å². The maximum absolute atomic E-state index is 12.8. The van der Waals surface area contributed by atoms with Crippen LogP contribution in [0.4, 0.5) is 11.4 Å². The lowest BCUT2D eigenvalue weighted by molar-refractivity contribution is -0.122. The zero-order valence-electron chi connectivity index (χ0n) is 17.7. The minimum atomic E-state index is -0.724. The summed E-state index contributed by atoms with van der Waals surface area (Å²) in [6, 6.07) is 13.1. The summed E-state index contributed by atoms with van der Waals surface area (Å²) in [7, 11) is 1.49. The van der Waals surface area contributed by atoms with E-state index in [4.69, 9.17) is 9.47 Å². The number of carbonyl (C=O) groups excluding carboxylic acids is 4. The first-order chi connectivity index (χ1) is 15.5. The van der Waals surface area contributed by atoms with Gasteiger partial charge in [-0.25, -0.2) is 4.79 Å². The molecule has 0 spiro atoms. The van der Waals surface area contributed by atoms with Crippen LogP contribution in [-0.4, -0.2) is 37.4 Å². The number of carbonyl (C=O) groups is 4. The molecular formula is C24H24N2O6. The molecule has 2 fully saturated rings. The number of hydrogen-bond donors (Lipinski definition) is 1. The van der Waals surface area contributed by atoms with Gasteiger partial charge in [-0.05, 0) is 43.2 Å². The molecule has 1 heterocycles. The van der Waals surface area contributed by atoms with Crippen LogP contribution in [0.3, 0.4) is 0 Å². The lowest BCUT2D eigenvalue weighted by Crippen LogP contribution is -2.31. The van der Waals surface area contributed by atoms with Crippen LogP contribution in [-0.2, 0) is 19.1 Å². The molecule has 1 saturated heterocycles. The summed E-state index contributed by atoms with van der Waals surface area (Å²) in [4.78, 5) is 51.5. The van der Waals surface area contributed by atoms with E-state index in [0.29, 0.717) is 17.1 Å². The number of imide groups is 1. The molecule has 0 bridgehead atoms. The number of amides is 3. The van der Waals surface area contributed by atoms with Crippen molar-refractivity contribution in [1.82, 2.24) is 0 Å². The van der Waals surface area contributed by atoms with Gasteiger partial charge in [0.2, 0.25) is 11.8 Å². The Balaban J connectivity index is 1.41. The predicted octanol–water partition coefficient (Wildman–Crippen LogP) is 3.17. The molecule has 166 valence electrons. The molecule has 0 radical (unpaired) electrons. The topological polar surface area (TPSA) is 102 Å². The molecule has 8 nitrogen and oxygen atoms in total. The number of ether oxygens (including phenoxy) is 2. The molecular weight excluding hydrogens is 412 g/mol. The van der Waals surface area contributed by atoms with Crippen LogP contribution in [0.5, 0.6) is 5.75 Å². The molecule has 0 aromatic heterocycles. The summed E-state index contributed by atoms with van der Waals surface area (Å²) < 4.78 is 10.3. The summed E-state index contributed by atoms with van der Waals surface area (Å²) in [6.45, 7) is -0.493. The molecule has 2 aromatic rings. The molecule has 3 amide bonds. The van der Waals surface area contributed by atoms with Crippen molar-refractivity contribution in [2.24, 2.45) is 11.8 Å². The highest BCUT2D eigenvalue weighted by Crippen LogP contribution is 2.40. The number of methoxy groups -OCH3 is 1. The Morgan fingerprint density at radius 3 is 2.38 bits per heavy atom. The molecule has 4 rings (SSSR count). The summed E-state index contributed by atoms with van der Waals surface area (Å²) in [5.41, 5.74) is 0.968. The molecule has 0 unspecified atom stereocenters. The van der Waals surface area contributed by atoms with Gasteiger partial charge >= 0.3 is 5.97 Å². The van der Waals surface area contributed by atoms with Crippen molar-refractivity contribution < 1.29 is 28.7 Å². The molecule has 2 atom stereocenters. The van der Waals surface area contributed by atoms with Gasteiger partial charge in [0.05, 0.1) is 35.9 Å². The fraction of sp³-hybridized carbons (Fsp3) is 0.333. The van der Waals surface area contributed by atoms with Crippen LogP contribution in [0.1, 0.15) is 36.0 Å². The van der Waals surface area contributed by atoms with Gasteiger partial charge < -0.3 is 14.8 Å². The van der Waals surface area contributed by atoms with E-state index < -0.39 is 18.5 Å². The average molecular weight is 436 g/mol. The van der Waals surface area contributed by atoms with Crippen LogP contribution in [0.25, 0.3) is 0 Å². The Hall–Kier alpha value is -3.68. The Morgan fingerprint density at radius 2 is 1.69 bits per heavy atom. The minimum Gasteiger partial charge on any atom is -0.495 e. The quantitative estimate of drug-likeness (QED) is 0.551. The van der Waals surface area contributed by atoms with Crippen molar-refractivity contribution in [2.75, 3.05) is 23.9 Å². The van der Waals surface area contributed by atoms with Gasteiger partial charge in [-0.15, -0.1) is 0 Å². The minimum absolute atomic E-state index is 0.156. The van der Waals surface area contributed by atoms with E-state index in [0.717, 1.165) is 25.7 Å². The number of para-hydroxylation sites is 2. The Bertz CT molecular complexity index is 1040. The molecule has 1 N–H and O–H groups in total. The number of benzene rings is 2. The third-order valence-corrected chi connectivity index (χ3v) is 5.90. The third kappa shape index (κ3) is 4.21. The number of hydrogen-bond acceptors (Lipinski definition) is 6. The van der Waals surface area contributed by atoms with Gasteiger partial charge in [0.15, 0.2) is 6.61 Å². The summed E-state index contributed by atoms with van der Waals surface area (Å²) >= 11 is 0. The monoisotopic (exact) mass is 436 g/mol. The second-order valence-electron chi connectivity index (χ2n) is 7.88. The highest BCUT2D eigenvalue weighted by molar-refractivity contribution is 6.22. The van der Waals surface area contributed by atoms with Gasteiger partial charge in [0.25, 0.3) is 5.91 Å². The fourth-order valence-electron chi connectivity index (χ4n) is 4.34. The van der Waals surface area contributed by atoms with Crippen molar-refractivity contribution in [2.45, 2.75) is 25.7 Å². The molecule has 32 heavy (non-hydrogen) atoms. The van der Waals surface area contributed by atoms with E-state index in [1.54, 1.807) is 36.4 Å². The normalized spacial score (nSPS) is 20.0. The first-order valence-electron chi connectivity index (χ1n) is 10.6. The average Bonchev–Trinajstić information content (AvgIpc) is 3.08. The third-order valence-electron chi connectivity index (χ3n) is 5.90. The highest BCUT2D eigenvalue weighted by Gasteiger charge is 2.48. The van der Waals surface area contributed by atoms with Crippen molar-refractivity contribution in [3.8, 4) is 5.75 Å². The SMILES string of the molecule is COc1ccccc1NC(=O)COC(=O)c1cccc(N2C(=O)[C@H]3CCCC[C@@H]3C2=O)c1. The lowest BCUT2D eigenvalue weighted by atomic mass is 9.81. The van der Waals surface area contributed by atoms with Gasteiger partial charge in [0, 0.05) is 0 Å². The van der Waals surface area contributed by atoms with Gasteiger partial charge in [-0.1, -0.05) is 31.0 Å². The molecule has 8 heteroatoms. The van der Waals surface area contributed by atoms with Crippen molar-refractivity contribution in [3.05, 3.63) is 54.1 Å². The van der Waals surface area contributed by atoms with Gasteiger partial charge in [0.1, 0.15) is 5.75 Å². The van der Waals surface area contributed by atoms with Crippen molar-refractivity contribution in [1.29, 1.82) is 0 Å². The number of esters is 1. The van der Waals surface area contributed by atoms with Crippen molar-refractivity contribution >= 4 is 35.1 Å². The standard InChI is InChI=1S/C24H24N2O6/c1-31-20-12-5-4-11-19(20)25-21(27)14-32-24(30)15-7-6-8-16(13-15)26-22(28)17-9-2-3-10-18(17)23(26)29/h4-8,11-13,17-18H,2-3,9-10,14H2,1H3,(H,25,27)/t17-,18-/m0/s1. The fourth-order valence-corrected chi connectivity index (χ4v) is 4.34. The van der Waals surface area contributed by atoms with E-state index in [1.807, 2.05) is 0 Å². The first-order valence-corrected chi connectivity index (χ1v) is 10.6. The maximum atomic E-state index is 12.8. The van der Waals surface area contributed by atoms with E-state index in [1.165, 1.54) is 24.1 Å². The predicted molar refractivity (Wildman–Crippen MR) is 116 cm³/mol. The molecule has 2 aromatic carbocycles. The summed E-state index contributed by atoms with van der Waals surface area (Å²) in [6.07, 6.45) is 3.32. The smallest absolute Gasteiger partial charge is 0.338 e. The van der Waals surface area contributed by atoms with E-state index in [2.05, 4.69) is 5.32 Å². The van der Waals surface area contributed by atoms with Crippen LogP contribution < -0.4 is 15.0 Å². The zero-order valence-corrected chi connectivity index (χ0v) is 17.7. The van der Waals surface area contributed by atoms with Crippen LogP contribution >= 0.6 is 0 Å². The molecule has 1 aliphatic heterocycles. The largest absolute Gasteiger partial charge is 0.495 e. The second kappa shape index (κ2) is 9.21. The van der Waals surface area contributed by atoms with E-state index >= 15 is 0 Å². The highest BCUT2D eigenvalue weighted by atomic mass is 16.5. The number of fused-ring (bicyclic) bond motifs is 1. The maximum Gasteiger partial charge on any atom is 0.338 e. The van der Waals surface area contributed by atoms with Crippen LogP contribution in [0.2, 0.25) is 0 Å². The summed E-state index contributed by atoms with van der Waals surface area (Å²) in [5.74, 6) is -1.72. The Morgan fingerprint density at radius 1 is 1.00 bits per heavy atom. The van der Waals surface area contributed by atoms with Gasteiger partial charge in [-0.2, -0.15) is 0 Å². The lowest BCUT2D eigenvalue weighted by Gasteiger charge is -2.19.